The Morgan fingerprint density at radius 3 is 3.17 bits per heavy atom. The summed E-state index contributed by atoms with van der Waals surface area (Å²) in [4.78, 5) is 17.5. The fourth-order valence-corrected chi connectivity index (χ4v) is 3.02. The minimum absolute atomic E-state index is 0.100. The molecule has 2 N–H and O–H groups in total. The van der Waals surface area contributed by atoms with E-state index in [-0.39, 0.29) is 5.91 Å². The standard InChI is InChI=1S/C12H19N3O2S/c1-9(16)13-11-14-10(7-18-11)6-15-5-3-4-12(2,17)8-15/h7,17H,3-6,8H2,1-2H3,(H,13,14,16). The van der Waals surface area contributed by atoms with Gasteiger partial charge in [0.15, 0.2) is 5.13 Å². The highest BCUT2D eigenvalue weighted by Crippen LogP contribution is 2.23. The van der Waals surface area contributed by atoms with E-state index in [0.29, 0.717) is 11.7 Å². The molecule has 1 aromatic heterocycles. The highest BCUT2D eigenvalue weighted by molar-refractivity contribution is 7.13. The van der Waals surface area contributed by atoms with E-state index < -0.39 is 5.60 Å². The number of anilines is 1. The third-order valence-corrected chi connectivity index (χ3v) is 3.78. The molecule has 0 aliphatic carbocycles. The van der Waals surface area contributed by atoms with Gasteiger partial charge in [-0.1, -0.05) is 0 Å². The van der Waals surface area contributed by atoms with Crippen LogP contribution >= 0.6 is 11.3 Å². The molecule has 18 heavy (non-hydrogen) atoms. The maximum absolute atomic E-state index is 10.9. The summed E-state index contributed by atoms with van der Waals surface area (Å²) in [6.45, 7) is 5.75. The van der Waals surface area contributed by atoms with Crippen LogP contribution in [0.2, 0.25) is 0 Å². The Balaban J connectivity index is 1.93. The van der Waals surface area contributed by atoms with E-state index in [1.54, 1.807) is 0 Å². The molecule has 1 fully saturated rings. The summed E-state index contributed by atoms with van der Waals surface area (Å²) in [5, 5.41) is 15.3. The molecule has 0 spiro atoms. The number of hydrogen-bond acceptors (Lipinski definition) is 5. The molecule has 2 rings (SSSR count). The van der Waals surface area contributed by atoms with Crippen molar-refractivity contribution >= 4 is 22.4 Å². The van der Waals surface area contributed by atoms with E-state index in [1.807, 2.05) is 12.3 Å². The molecule has 100 valence electrons. The Morgan fingerprint density at radius 2 is 2.50 bits per heavy atom. The first-order valence-electron chi connectivity index (χ1n) is 6.11. The average Bonchev–Trinajstić information content (AvgIpc) is 2.62. The van der Waals surface area contributed by atoms with Crippen molar-refractivity contribution in [1.82, 2.24) is 9.88 Å². The molecule has 0 bridgehead atoms. The van der Waals surface area contributed by atoms with Crippen LogP contribution in [-0.4, -0.2) is 39.6 Å². The molecule has 1 aromatic rings. The Hall–Kier alpha value is -0.980. The van der Waals surface area contributed by atoms with Crippen molar-refractivity contribution in [2.45, 2.75) is 38.8 Å². The van der Waals surface area contributed by atoms with Gasteiger partial charge in [-0.15, -0.1) is 11.3 Å². The van der Waals surface area contributed by atoms with Gasteiger partial charge in [-0.25, -0.2) is 4.98 Å². The molecule has 1 atom stereocenters. The molecule has 1 amide bonds. The van der Waals surface area contributed by atoms with Crippen molar-refractivity contribution in [3.05, 3.63) is 11.1 Å². The minimum atomic E-state index is -0.589. The van der Waals surface area contributed by atoms with E-state index in [1.165, 1.54) is 18.3 Å². The van der Waals surface area contributed by atoms with Crippen molar-refractivity contribution < 1.29 is 9.90 Å². The van der Waals surface area contributed by atoms with E-state index in [9.17, 15) is 9.90 Å². The molecule has 1 saturated heterocycles. The van der Waals surface area contributed by atoms with Crippen molar-refractivity contribution in [3.63, 3.8) is 0 Å². The van der Waals surface area contributed by atoms with Crippen LogP contribution in [0.15, 0.2) is 5.38 Å². The first kappa shape index (κ1) is 13.5. The van der Waals surface area contributed by atoms with Crippen LogP contribution in [0.5, 0.6) is 0 Å². The number of β-amino-alcohol motifs (C(OH)–C–C–N with tert-alkyl or cyclic N) is 1. The highest BCUT2D eigenvalue weighted by Gasteiger charge is 2.28. The Morgan fingerprint density at radius 1 is 1.72 bits per heavy atom. The zero-order valence-electron chi connectivity index (χ0n) is 10.8. The van der Waals surface area contributed by atoms with Gasteiger partial charge in [0.1, 0.15) is 0 Å². The van der Waals surface area contributed by atoms with Gasteiger partial charge in [-0.2, -0.15) is 0 Å². The molecule has 1 aliphatic rings. The second kappa shape index (κ2) is 5.34. The number of likely N-dealkylation sites (tertiary alicyclic amines) is 1. The molecule has 5 nitrogen and oxygen atoms in total. The molecule has 1 unspecified atom stereocenters. The van der Waals surface area contributed by atoms with E-state index in [0.717, 1.165) is 31.6 Å². The van der Waals surface area contributed by atoms with Crippen molar-refractivity contribution in [2.75, 3.05) is 18.4 Å². The number of rotatable bonds is 3. The van der Waals surface area contributed by atoms with Gasteiger partial charge < -0.3 is 10.4 Å². The SMILES string of the molecule is CC(=O)Nc1nc(CN2CCCC(C)(O)C2)cs1. The lowest BCUT2D eigenvalue weighted by molar-refractivity contribution is -0.114. The number of aromatic nitrogens is 1. The predicted molar refractivity (Wildman–Crippen MR) is 71.6 cm³/mol. The Kier molecular flexibility index (Phi) is 3.99. The van der Waals surface area contributed by atoms with Gasteiger partial charge in [0.25, 0.3) is 0 Å². The Bertz CT molecular complexity index is 431. The molecule has 6 heteroatoms. The van der Waals surface area contributed by atoms with Crippen LogP contribution in [0, 0.1) is 0 Å². The fraction of sp³-hybridized carbons (Fsp3) is 0.667. The number of carbonyl (C=O) groups is 1. The second-order valence-corrected chi connectivity index (χ2v) is 5.99. The lowest BCUT2D eigenvalue weighted by atomic mass is 9.95. The number of piperidine rings is 1. The number of nitrogens with one attached hydrogen (secondary N) is 1. The number of thiazole rings is 1. The number of amides is 1. The number of aliphatic hydroxyl groups is 1. The zero-order chi connectivity index (χ0) is 13.2. The number of nitrogens with zero attached hydrogens (tertiary/aromatic N) is 2. The van der Waals surface area contributed by atoms with Crippen molar-refractivity contribution in [2.24, 2.45) is 0 Å². The summed E-state index contributed by atoms with van der Waals surface area (Å²) in [5.41, 5.74) is 0.357. The summed E-state index contributed by atoms with van der Waals surface area (Å²) in [6.07, 6.45) is 1.87. The molecule has 2 heterocycles. The quantitative estimate of drug-likeness (QED) is 0.871. The summed E-state index contributed by atoms with van der Waals surface area (Å²) in [6, 6.07) is 0. The van der Waals surface area contributed by atoms with Crippen molar-refractivity contribution in [1.29, 1.82) is 0 Å². The first-order valence-corrected chi connectivity index (χ1v) is 6.99. The average molecular weight is 269 g/mol. The van der Waals surface area contributed by atoms with E-state index in [2.05, 4.69) is 15.2 Å². The van der Waals surface area contributed by atoms with Crippen LogP contribution in [0.4, 0.5) is 5.13 Å². The summed E-state index contributed by atoms with van der Waals surface area (Å²) in [5.74, 6) is -0.100. The predicted octanol–water partition coefficient (Wildman–Crippen LogP) is 1.45. The van der Waals surface area contributed by atoms with Crippen LogP contribution < -0.4 is 5.32 Å². The van der Waals surface area contributed by atoms with Crippen LogP contribution in [0.25, 0.3) is 0 Å². The van der Waals surface area contributed by atoms with Gasteiger partial charge in [0.05, 0.1) is 11.3 Å². The van der Waals surface area contributed by atoms with Gasteiger partial charge >= 0.3 is 0 Å². The number of carbonyl (C=O) groups excluding carboxylic acids is 1. The zero-order valence-corrected chi connectivity index (χ0v) is 11.6. The third kappa shape index (κ3) is 3.76. The monoisotopic (exact) mass is 269 g/mol. The maximum Gasteiger partial charge on any atom is 0.223 e. The maximum atomic E-state index is 10.9. The first-order chi connectivity index (χ1) is 8.44. The second-order valence-electron chi connectivity index (χ2n) is 5.14. The molecular weight excluding hydrogens is 250 g/mol. The third-order valence-electron chi connectivity index (χ3n) is 2.97. The van der Waals surface area contributed by atoms with Gasteiger partial charge in [0.2, 0.25) is 5.91 Å². The lowest BCUT2D eigenvalue weighted by Gasteiger charge is -2.36. The smallest absolute Gasteiger partial charge is 0.223 e. The summed E-state index contributed by atoms with van der Waals surface area (Å²) in [7, 11) is 0. The summed E-state index contributed by atoms with van der Waals surface area (Å²) < 4.78 is 0. The normalized spacial score (nSPS) is 25.1. The van der Waals surface area contributed by atoms with Gasteiger partial charge in [0, 0.05) is 25.4 Å². The molecule has 1 aliphatic heterocycles. The lowest BCUT2D eigenvalue weighted by Crippen LogP contribution is -2.45. The number of hydrogen-bond donors (Lipinski definition) is 2. The highest BCUT2D eigenvalue weighted by atomic mass is 32.1. The largest absolute Gasteiger partial charge is 0.389 e. The van der Waals surface area contributed by atoms with Crippen LogP contribution in [0.1, 0.15) is 32.4 Å². The Labute approximate surface area is 111 Å². The topological polar surface area (TPSA) is 65.5 Å². The van der Waals surface area contributed by atoms with Crippen molar-refractivity contribution in [3.8, 4) is 0 Å². The fourth-order valence-electron chi connectivity index (χ4n) is 2.27. The molecule has 0 radical (unpaired) electrons. The molecule has 0 saturated carbocycles. The molecule has 0 aromatic carbocycles. The summed E-state index contributed by atoms with van der Waals surface area (Å²) >= 11 is 1.43. The van der Waals surface area contributed by atoms with Gasteiger partial charge in [-0.05, 0) is 26.3 Å². The van der Waals surface area contributed by atoms with Crippen LogP contribution in [0.3, 0.4) is 0 Å². The van der Waals surface area contributed by atoms with E-state index >= 15 is 0 Å². The van der Waals surface area contributed by atoms with Crippen LogP contribution in [-0.2, 0) is 11.3 Å². The minimum Gasteiger partial charge on any atom is -0.389 e. The van der Waals surface area contributed by atoms with E-state index in [4.69, 9.17) is 0 Å². The van der Waals surface area contributed by atoms with Gasteiger partial charge in [-0.3, -0.25) is 9.69 Å². The molecular formula is C12H19N3O2S.